The van der Waals surface area contributed by atoms with Gasteiger partial charge in [-0.15, -0.1) is 0 Å². The second kappa shape index (κ2) is 11.0. The van der Waals surface area contributed by atoms with Crippen LogP contribution in [0.3, 0.4) is 0 Å². The Morgan fingerprint density at radius 3 is 1.97 bits per heavy atom. The van der Waals surface area contributed by atoms with Gasteiger partial charge in [-0.3, -0.25) is 0 Å². The van der Waals surface area contributed by atoms with Gasteiger partial charge >= 0.3 is 0 Å². The van der Waals surface area contributed by atoms with Crippen LogP contribution in [0.15, 0.2) is 83.3 Å². The molecule has 0 aliphatic carbocycles. The SMILES string of the molecule is CN1CCN(c2ccc(C(=C(CCCO)c3ccccc3)c3ccc(Br)cc3)cc2)CC1. The molecule has 4 heteroatoms. The first kappa shape index (κ1) is 22.8. The molecule has 0 radical (unpaired) electrons. The van der Waals surface area contributed by atoms with E-state index in [0.29, 0.717) is 0 Å². The highest BCUT2D eigenvalue weighted by atomic mass is 79.9. The predicted molar refractivity (Wildman–Crippen MR) is 139 cm³/mol. The average molecular weight is 491 g/mol. The van der Waals surface area contributed by atoms with Gasteiger partial charge in [0.2, 0.25) is 0 Å². The Kier molecular flexibility index (Phi) is 7.80. The van der Waals surface area contributed by atoms with Crippen molar-refractivity contribution in [1.29, 1.82) is 0 Å². The van der Waals surface area contributed by atoms with Gasteiger partial charge in [-0.05, 0) is 72.0 Å². The molecule has 0 bridgehead atoms. The predicted octanol–water partition coefficient (Wildman–Crippen LogP) is 5.93. The molecule has 0 atom stereocenters. The zero-order valence-electron chi connectivity index (χ0n) is 18.7. The number of anilines is 1. The Morgan fingerprint density at radius 2 is 1.38 bits per heavy atom. The molecule has 32 heavy (non-hydrogen) atoms. The topological polar surface area (TPSA) is 26.7 Å². The minimum absolute atomic E-state index is 0.187. The second-order valence-electron chi connectivity index (χ2n) is 8.39. The average Bonchev–Trinajstić information content (AvgIpc) is 2.84. The van der Waals surface area contributed by atoms with Crippen LogP contribution in [0.1, 0.15) is 29.5 Å². The summed E-state index contributed by atoms with van der Waals surface area (Å²) in [5.74, 6) is 0. The first-order chi connectivity index (χ1) is 15.7. The summed E-state index contributed by atoms with van der Waals surface area (Å²) in [5, 5.41) is 9.58. The fourth-order valence-corrected chi connectivity index (χ4v) is 4.61. The standard InChI is InChI=1S/C28H31BrN2O/c1-30-17-19-31(20-18-30)26-15-11-24(12-16-26)28(23-9-13-25(29)14-10-23)27(8-5-21-32)22-6-3-2-4-7-22/h2-4,6-7,9-16,32H,5,8,17-21H2,1H3. The molecule has 0 spiro atoms. The second-order valence-corrected chi connectivity index (χ2v) is 9.31. The summed E-state index contributed by atoms with van der Waals surface area (Å²) in [4.78, 5) is 4.85. The third-order valence-electron chi connectivity index (χ3n) is 6.17. The highest BCUT2D eigenvalue weighted by Gasteiger charge is 2.17. The molecule has 0 amide bonds. The molecule has 0 aromatic heterocycles. The molecule has 0 saturated carbocycles. The number of aliphatic hydroxyl groups is 1. The van der Waals surface area contributed by atoms with Gasteiger partial charge in [0.15, 0.2) is 0 Å². The van der Waals surface area contributed by atoms with Crippen molar-refractivity contribution in [2.75, 3.05) is 44.7 Å². The monoisotopic (exact) mass is 490 g/mol. The van der Waals surface area contributed by atoms with Crippen molar-refractivity contribution in [3.05, 3.63) is 100 Å². The number of allylic oxidation sites excluding steroid dienone is 1. The van der Waals surface area contributed by atoms with E-state index in [1.165, 1.54) is 33.5 Å². The Balaban J connectivity index is 1.78. The first-order valence-electron chi connectivity index (χ1n) is 11.3. The molecule has 3 aromatic carbocycles. The normalized spacial score (nSPS) is 15.5. The summed E-state index contributed by atoms with van der Waals surface area (Å²) >= 11 is 3.57. The van der Waals surface area contributed by atoms with E-state index >= 15 is 0 Å². The van der Waals surface area contributed by atoms with Crippen molar-refractivity contribution in [3.8, 4) is 0 Å². The largest absolute Gasteiger partial charge is 0.396 e. The summed E-state index contributed by atoms with van der Waals surface area (Å²) in [7, 11) is 2.19. The lowest BCUT2D eigenvalue weighted by molar-refractivity contribution is 0.290. The number of hydrogen-bond acceptors (Lipinski definition) is 3. The summed E-state index contributed by atoms with van der Waals surface area (Å²) in [6.45, 7) is 4.52. The Morgan fingerprint density at radius 1 is 0.781 bits per heavy atom. The fourth-order valence-electron chi connectivity index (χ4n) is 4.34. The number of halogens is 1. The number of hydrogen-bond donors (Lipinski definition) is 1. The van der Waals surface area contributed by atoms with Gasteiger partial charge in [-0.1, -0.05) is 70.5 Å². The zero-order chi connectivity index (χ0) is 22.3. The van der Waals surface area contributed by atoms with Crippen LogP contribution in [0.2, 0.25) is 0 Å². The Bertz CT molecular complexity index is 1020. The van der Waals surface area contributed by atoms with Gasteiger partial charge in [-0.25, -0.2) is 0 Å². The molecule has 1 saturated heterocycles. The fraction of sp³-hybridized carbons (Fsp3) is 0.286. The maximum absolute atomic E-state index is 9.58. The van der Waals surface area contributed by atoms with Crippen LogP contribution in [-0.4, -0.2) is 49.8 Å². The van der Waals surface area contributed by atoms with Crippen LogP contribution in [-0.2, 0) is 0 Å². The highest BCUT2D eigenvalue weighted by molar-refractivity contribution is 9.10. The number of aliphatic hydroxyl groups excluding tert-OH is 1. The number of likely N-dealkylation sites (N-methyl/N-ethyl adjacent to an activating group) is 1. The third kappa shape index (κ3) is 5.50. The van der Waals surface area contributed by atoms with Gasteiger partial charge in [0.05, 0.1) is 0 Å². The molecule has 166 valence electrons. The lowest BCUT2D eigenvalue weighted by Gasteiger charge is -2.34. The third-order valence-corrected chi connectivity index (χ3v) is 6.69. The Hall–Kier alpha value is -2.40. The van der Waals surface area contributed by atoms with Gasteiger partial charge in [-0.2, -0.15) is 0 Å². The van der Waals surface area contributed by atoms with Crippen molar-refractivity contribution in [2.45, 2.75) is 12.8 Å². The van der Waals surface area contributed by atoms with Gasteiger partial charge in [0.1, 0.15) is 0 Å². The van der Waals surface area contributed by atoms with E-state index in [0.717, 1.165) is 43.5 Å². The van der Waals surface area contributed by atoms with Crippen LogP contribution in [0, 0.1) is 0 Å². The lowest BCUT2D eigenvalue weighted by atomic mass is 9.87. The van der Waals surface area contributed by atoms with Gasteiger partial charge in [0.25, 0.3) is 0 Å². The quantitative estimate of drug-likeness (QED) is 0.415. The number of nitrogens with zero attached hydrogens (tertiary/aromatic N) is 2. The molecule has 1 N–H and O–H groups in total. The summed E-state index contributed by atoms with van der Waals surface area (Å²) in [5.41, 5.74) is 7.41. The molecule has 4 rings (SSSR count). The molecular formula is C28H31BrN2O. The highest BCUT2D eigenvalue weighted by Crippen LogP contribution is 2.36. The van der Waals surface area contributed by atoms with Crippen molar-refractivity contribution < 1.29 is 5.11 Å². The van der Waals surface area contributed by atoms with Crippen LogP contribution >= 0.6 is 15.9 Å². The van der Waals surface area contributed by atoms with E-state index in [1.54, 1.807) is 0 Å². The summed E-state index contributed by atoms with van der Waals surface area (Å²) in [6, 6.07) is 28.2. The van der Waals surface area contributed by atoms with E-state index < -0.39 is 0 Å². The first-order valence-corrected chi connectivity index (χ1v) is 12.1. The van der Waals surface area contributed by atoms with Crippen LogP contribution in [0.5, 0.6) is 0 Å². The van der Waals surface area contributed by atoms with E-state index in [-0.39, 0.29) is 6.61 Å². The summed E-state index contributed by atoms with van der Waals surface area (Å²) < 4.78 is 1.07. The van der Waals surface area contributed by atoms with Crippen molar-refractivity contribution in [3.63, 3.8) is 0 Å². The molecule has 0 unspecified atom stereocenters. The van der Waals surface area contributed by atoms with E-state index in [1.807, 2.05) is 0 Å². The lowest BCUT2D eigenvalue weighted by Crippen LogP contribution is -2.44. The van der Waals surface area contributed by atoms with E-state index in [9.17, 15) is 5.11 Å². The molecule has 1 aliphatic rings. The number of benzene rings is 3. The van der Waals surface area contributed by atoms with Crippen LogP contribution in [0.25, 0.3) is 11.1 Å². The molecule has 1 fully saturated rings. The zero-order valence-corrected chi connectivity index (χ0v) is 20.3. The van der Waals surface area contributed by atoms with Crippen LogP contribution in [0.4, 0.5) is 5.69 Å². The van der Waals surface area contributed by atoms with Crippen LogP contribution < -0.4 is 4.90 Å². The minimum atomic E-state index is 0.187. The summed E-state index contributed by atoms with van der Waals surface area (Å²) in [6.07, 6.45) is 1.57. The van der Waals surface area contributed by atoms with Crippen molar-refractivity contribution in [1.82, 2.24) is 4.90 Å². The minimum Gasteiger partial charge on any atom is -0.396 e. The molecule has 3 nitrogen and oxygen atoms in total. The molecular weight excluding hydrogens is 460 g/mol. The van der Waals surface area contributed by atoms with Gasteiger partial charge in [0, 0.05) is 42.9 Å². The Labute approximate surface area is 200 Å². The van der Waals surface area contributed by atoms with Gasteiger partial charge < -0.3 is 14.9 Å². The van der Waals surface area contributed by atoms with Crippen molar-refractivity contribution in [2.24, 2.45) is 0 Å². The van der Waals surface area contributed by atoms with E-state index in [4.69, 9.17) is 0 Å². The van der Waals surface area contributed by atoms with E-state index in [2.05, 4.69) is 112 Å². The number of rotatable bonds is 7. The molecule has 3 aromatic rings. The smallest absolute Gasteiger partial charge is 0.0434 e. The molecule has 1 heterocycles. The van der Waals surface area contributed by atoms with Crippen molar-refractivity contribution >= 4 is 32.8 Å². The maximum Gasteiger partial charge on any atom is 0.0434 e. The maximum atomic E-state index is 9.58. The molecule has 1 aliphatic heterocycles. The number of piperazine rings is 1.